The smallest absolute Gasteiger partial charge is 0.131 e. The third-order valence-corrected chi connectivity index (χ3v) is 4.00. The minimum absolute atomic E-state index is 0.0761. The third-order valence-electron chi connectivity index (χ3n) is 2.97. The van der Waals surface area contributed by atoms with Crippen LogP contribution in [0, 0.1) is 18.6 Å². The van der Waals surface area contributed by atoms with E-state index in [0.717, 1.165) is 28.0 Å². The molecule has 0 saturated heterocycles. The number of hydrogen-bond donors (Lipinski definition) is 1. The molecule has 0 spiro atoms. The van der Waals surface area contributed by atoms with Crippen LogP contribution in [-0.4, -0.2) is 14.9 Å². The first kappa shape index (κ1) is 14.1. The molecule has 1 unspecified atom stereocenters. The Morgan fingerprint density at radius 1 is 1.42 bits per heavy atom. The molecular weight excluding hydrogens is 318 g/mol. The molecule has 0 radical (unpaired) electrons. The minimum Gasteiger partial charge on any atom is -0.388 e. The number of rotatable bonds is 3. The van der Waals surface area contributed by atoms with Crippen LogP contribution < -0.4 is 0 Å². The Bertz CT molecular complexity index is 613. The second-order valence-corrected chi connectivity index (χ2v) is 5.15. The lowest BCUT2D eigenvalue weighted by molar-refractivity contribution is 0.170. The molecular formula is C13H13BrF2N2O. The Labute approximate surface area is 118 Å². The van der Waals surface area contributed by atoms with Crippen LogP contribution in [0.15, 0.2) is 22.7 Å². The van der Waals surface area contributed by atoms with E-state index in [9.17, 15) is 13.9 Å². The molecule has 1 N–H and O–H groups in total. The van der Waals surface area contributed by atoms with Gasteiger partial charge in [-0.15, -0.1) is 0 Å². The quantitative estimate of drug-likeness (QED) is 0.939. The molecule has 0 saturated carbocycles. The topological polar surface area (TPSA) is 38.0 Å². The molecule has 0 fully saturated rings. The molecule has 3 nitrogen and oxygen atoms in total. The highest BCUT2D eigenvalue weighted by atomic mass is 79.9. The normalized spacial score (nSPS) is 12.7. The molecule has 2 rings (SSSR count). The number of aliphatic hydroxyl groups is 1. The van der Waals surface area contributed by atoms with E-state index >= 15 is 0 Å². The Kier molecular flexibility index (Phi) is 4.01. The summed E-state index contributed by atoms with van der Waals surface area (Å²) in [6.45, 7) is 1.83. The van der Waals surface area contributed by atoms with Gasteiger partial charge in [0.05, 0.1) is 22.0 Å². The summed E-state index contributed by atoms with van der Waals surface area (Å²) in [5, 5.41) is 14.3. The fourth-order valence-corrected chi connectivity index (χ4v) is 2.46. The number of aliphatic hydroxyl groups excluding tert-OH is 1. The fraction of sp³-hybridized carbons (Fsp3) is 0.308. The molecule has 0 aliphatic heterocycles. The second kappa shape index (κ2) is 5.38. The van der Waals surface area contributed by atoms with E-state index in [1.807, 2.05) is 6.92 Å². The van der Waals surface area contributed by atoms with Crippen LogP contribution in [0.2, 0.25) is 0 Å². The molecule has 0 aliphatic rings. The zero-order valence-electron chi connectivity index (χ0n) is 10.5. The van der Waals surface area contributed by atoms with Crippen molar-refractivity contribution in [2.24, 2.45) is 7.05 Å². The lowest BCUT2D eigenvalue weighted by atomic mass is 10.0. The Morgan fingerprint density at radius 2 is 2.11 bits per heavy atom. The van der Waals surface area contributed by atoms with Gasteiger partial charge >= 0.3 is 0 Å². The summed E-state index contributed by atoms with van der Waals surface area (Å²) in [4.78, 5) is 0. The maximum atomic E-state index is 13.6. The lowest BCUT2D eigenvalue weighted by Crippen LogP contribution is -2.08. The lowest BCUT2D eigenvalue weighted by Gasteiger charge is -2.12. The van der Waals surface area contributed by atoms with Crippen molar-refractivity contribution in [3.05, 3.63) is 51.3 Å². The predicted octanol–water partition coefficient (Wildman–Crippen LogP) is 3.05. The third kappa shape index (κ3) is 2.84. The fourth-order valence-electron chi connectivity index (χ4n) is 1.97. The van der Waals surface area contributed by atoms with E-state index in [1.165, 1.54) is 6.07 Å². The van der Waals surface area contributed by atoms with Crippen LogP contribution in [0.5, 0.6) is 0 Å². The van der Waals surface area contributed by atoms with Crippen molar-refractivity contribution < 1.29 is 13.9 Å². The van der Waals surface area contributed by atoms with Gasteiger partial charge in [-0.1, -0.05) is 6.07 Å². The molecule has 6 heteroatoms. The summed E-state index contributed by atoms with van der Waals surface area (Å²) in [7, 11) is 1.75. The van der Waals surface area contributed by atoms with Gasteiger partial charge in [-0.25, -0.2) is 8.78 Å². The van der Waals surface area contributed by atoms with Crippen molar-refractivity contribution in [2.75, 3.05) is 0 Å². The summed E-state index contributed by atoms with van der Waals surface area (Å²) in [5.41, 5.74) is 1.63. The van der Waals surface area contributed by atoms with Gasteiger partial charge in [0.25, 0.3) is 0 Å². The number of nitrogens with zero attached hydrogens (tertiary/aromatic N) is 2. The summed E-state index contributed by atoms with van der Waals surface area (Å²) >= 11 is 3.38. The molecule has 1 aromatic carbocycles. The number of aromatic nitrogens is 2. The van der Waals surface area contributed by atoms with E-state index in [-0.39, 0.29) is 12.0 Å². The van der Waals surface area contributed by atoms with Gasteiger partial charge in [0.1, 0.15) is 11.6 Å². The van der Waals surface area contributed by atoms with Gasteiger partial charge in [-0.2, -0.15) is 5.10 Å². The molecule has 0 amide bonds. The van der Waals surface area contributed by atoms with Crippen LogP contribution >= 0.6 is 15.9 Å². The molecule has 1 aromatic heterocycles. The van der Waals surface area contributed by atoms with Crippen LogP contribution in [0.1, 0.15) is 23.1 Å². The zero-order chi connectivity index (χ0) is 14.2. The molecule has 102 valence electrons. The van der Waals surface area contributed by atoms with Gasteiger partial charge in [0.15, 0.2) is 0 Å². The van der Waals surface area contributed by atoms with Crippen molar-refractivity contribution >= 4 is 15.9 Å². The van der Waals surface area contributed by atoms with E-state index < -0.39 is 17.7 Å². The van der Waals surface area contributed by atoms with E-state index in [0.29, 0.717) is 0 Å². The van der Waals surface area contributed by atoms with Gasteiger partial charge in [-0.05, 0) is 28.9 Å². The minimum atomic E-state index is -1.05. The van der Waals surface area contributed by atoms with Gasteiger partial charge in [-0.3, -0.25) is 4.68 Å². The van der Waals surface area contributed by atoms with Crippen LogP contribution in [-0.2, 0) is 13.5 Å². The number of aryl methyl sites for hydroxylation is 2. The number of halogens is 3. The van der Waals surface area contributed by atoms with Gasteiger partial charge < -0.3 is 5.11 Å². The van der Waals surface area contributed by atoms with Crippen molar-refractivity contribution in [1.82, 2.24) is 9.78 Å². The Balaban J connectivity index is 2.28. The molecule has 1 heterocycles. The van der Waals surface area contributed by atoms with Crippen LogP contribution in [0.25, 0.3) is 0 Å². The first-order valence-corrected chi connectivity index (χ1v) is 6.50. The van der Waals surface area contributed by atoms with Crippen LogP contribution in [0.3, 0.4) is 0 Å². The number of hydrogen-bond acceptors (Lipinski definition) is 2. The van der Waals surface area contributed by atoms with E-state index in [1.54, 1.807) is 11.7 Å². The molecule has 19 heavy (non-hydrogen) atoms. The standard InChI is InChI=1S/C13H13BrF2N2O/c1-7-13(14)11(18(2)17-7)6-12(19)9-4-3-8(15)5-10(9)16/h3-5,12,19H,6H2,1-2H3. The van der Waals surface area contributed by atoms with Crippen molar-refractivity contribution in [3.8, 4) is 0 Å². The Hall–Kier alpha value is -1.27. The molecule has 0 aliphatic carbocycles. The molecule has 1 atom stereocenters. The summed E-state index contributed by atoms with van der Waals surface area (Å²) < 4.78 is 28.8. The van der Waals surface area contributed by atoms with Crippen molar-refractivity contribution in [3.63, 3.8) is 0 Å². The zero-order valence-corrected chi connectivity index (χ0v) is 12.1. The van der Waals surface area contributed by atoms with Gasteiger partial charge in [0.2, 0.25) is 0 Å². The van der Waals surface area contributed by atoms with Crippen LogP contribution in [0.4, 0.5) is 8.78 Å². The predicted molar refractivity (Wildman–Crippen MR) is 70.7 cm³/mol. The average Bonchev–Trinajstić information content (AvgIpc) is 2.56. The first-order valence-electron chi connectivity index (χ1n) is 5.71. The SMILES string of the molecule is Cc1nn(C)c(CC(O)c2ccc(F)cc2F)c1Br. The average molecular weight is 331 g/mol. The summed E-state index contributed by atoms with van der Waals surface area (Å²) in [6, 6.07) is 3.15. The van der Waals surface area contributed by atoms with Crippen molar-refractivity contribution in [2.45, 2.75) is 19.4 Å². The first-order chi connectivity index (χ1) is 8.90. The second-order valence-electron chi connectivity index (χ2n) is 4.36. The Morgan fingerprint density at radius 3 is 2.63 bits per heavy atom. The van der Waals surface area contributed by atoms with Gasteiger partial charge in [0, 0.05) is 25.1 Å². The number of benzene rings is 1. The molecule has 0 bridgehead atoms. The van der Waals surface area contributed by atoms with E-state index in [2.05, 4.69) is 21.0 Å². The molecule has 2 aromatic rings. The maximum absolute atomic E-state index is 13.6. The maximum Gasteiger partial charge on any atom is 0.131 e. The van der Waals surface area contributed by atoms with Crippen molar-refractivity contribution in [1.29, 1.82) is 0 Å². The highest BCUT2D eigenvalue weighted by Gasteiger charge is 2.19. The monoisotopic (exact) mass is 330 g/mol. The highest BCUT2D eigenvalue weighted by molar-refractivity contribution is 9.10. The summed E-state index contributed by atoms with van der Waals surface area (Å²) in [6.07, 6.45) is -0.854. The largest absolute Gasteiger partial charge is 0.388 e. The summed E-state index contributed by atoms with van der Waals surface area (Å²) in [5.74, 6) is -1.41. The van der Waals surface area contributed by atoms with E-state index in [4.69, 9.17) is 0 Å². The highest BCUT2D eigenvalue weighted by Crippen LogP contribution is 2.27.